The lowest BCUT2D eigenvalue weighted by atomic mass is 10.0. The quantitative estimate of drug-likeness (QED) is 0.191. The van der Waals surface area contributed by atoms with Gasteiger partial charge in [-0.1, -0.05) is 24.5 Å². The molecule has 0 aliphatic rings. The number of nitrogens with one attached hydrogen (secondary N) is 1. The first-order valence-corrected chi connectivity index (χ1v) is 9.55. The van der Waals surface area contributed by atoms with Crippen molar-refractivity contribution in [2.24, 2.45) is 7.05 Å². The summed E-state index contributed by atoms with van der Waals surface area (Å²) in [4.78, 5) is 13.4. The number of hydrogen-bond donors (Lipinski definition) is 3. The Balaban J connectivity index is 1.96. The lowest BCUT2D eigenvalue weighted by molar-refractivity contribution is -0.642. The second-order valence-corrected chi connectivity index (χ2v) is 7.78. The van der Waals surface area contributed by atoms with Crippen molar-refractivity contribution in [3.8, 4) is 5.75 Å². The number of fused-ring (bicyclic) bond motifs is 1. The number of nitro benzene ring substituents is 1. The van der Waals surface area contributed by atoms with Crippen LogP contribution in [-0.2, 0) is 13.5 Å². The second-order valence-electron chi connectivity index (χ2n) is 6.75. The molecule has 3 rings (SSSR count). The van der Waals surface area contributed by atoms with Crippen molar-refractivity contribution < 1.29 is 24.7 Å². The molecule has 148 valence electrons. The minimum Gasteiger partial charge on any atom is -0.508 e. The number of aliphatic hydroxyl groups excluding tert-OH is 1. The van der Waals surface area contributed by atoms with Crippen LogP contribution in [0.3, 0.4) is 0 Å². The zero-order chi connectivity index (χ0) is 21.3. The highest BCUT2D eigenvalue weighted by atomic mass is 32.1. The molecule has 0 amide bonds. The minimum absolute atomic E-state index is 0.00203. The summed E-state index contributed by atoms with van der Waals surface area (Å²) < 4.78 is 2.99. The number of allylic oxidation sites excluding steroid dienone is 1. The minimum atomic E-state index is -0.489. The maximum absolute atomic E-state index is 11.0. The highest BCUT2D eigenvalue weighted by Crippen LogP contribution is 2.31. The molecule has 3 aromatic rings. The fraction of sp³-hybridized carbons (Fsp3) is 0.143. The number of aliphatic hydroxyl groups is 1. The molecule has 0 unspecified atom stereocenters. The second kappa shape index (κ2) is 7.84. The molecule has 2 aromatic carbocycles. The lowest BCUT2D eigenvalue weighted by Gasteiger charge is -2.04. The third-order valence-corrected chi connectivity index (χ3v) is 5.80. The van der Waals surface area contributed by atoms with Crippen LogP contribution in [0.4, 0.5) is 11.4 Å². The van der Waals surface area contributed by atoms with E-state index in [0.29, 0.717) is 11.1 Å². The Morgan fingerprint density at radius 2 is 2.00 bits per heavy atom. The number of aromatic hydroxyl groups is 1. The molecule has 0 aliphatic carbocycles. The van der Waals surface area contributed by atoms with Gasteiger partial charge >= 0.3 is 5.90 Å². The van der Waals surface area contributed by atoms with Gasteiger partial charge < -0.3 is 10.2 Å². The van der Waals surface area contributed by atoms with Crippen LogP contribution in [0.1, 0.15) is 17.5 Å². The highest BCUT2D eigenvalue weighted by molar-refractivity contribution is 7.19. The van der Waals surface area contributed by atoms with Crippen LogP contribution in [0.2, 0.25) is 0 Å². The molecule has 7 nitrogen and oxygen atoms in total. The number of phenolic OH excluding ortho intramolecular Hbond substituents is 1. The van der Waals surface area contributed by atoms with Crippen molar-refractivity contribution in [3.63, 3.8) is 0 Å². The Morgan fingerprint density at radius 1 is 1.28 bits per heavy atom. The van der Waals surface area contributed by atoms with Crippen LogP contribution in [0.15, 0.2) is 55.1 Å². The molecular weight excluding hydrogens is 390 g/mol. The molecule has 0 bridgehead atoms. The number of non-ortho nitro benzene ring substituents is 1. The van der Waals surface area contributed by atoms with Crippen molar-refractivity contribution in [1.29, 1.82) is 0 Å². The zero-order valence-electron chi connectivity index (χ0n) is 16.1. The fourth-order valence-electron chi connectivity index (χ4n) is 2.91. The average Bonchev–Trinajstić information content (AvgIpc) is 2.99. The zero-order valence-corrected chi connectivity index (χ0v) is 16.9. The van der Waals surface area contributed by atoms with Gasteiger partial charge in [-0.3, -0.25) is 10.1 Å². The van der Waals surface area contributed by atoms with Gasteiger partial charge in [0.05, 0.1) is 16.6 Å². The summed E-state index contributed by atoms with van der Waals surface area (Å²) >= 11 is 1.53. The largest absolute Gasteiger partial charge is 0.508 e. The molecule has 0 spiro atoms. The van der Waals surface area contributed by atoms with E-state index in [9.17, 15) is 20.3 Å². The van der Waals surface area contributed by atoms with E-state index < -0.39 is 4.92 Å². The van der Waals surface area contributed by atoms with Crippen molar-refractivity contribution in [1.82, 2.24) is 0 Å². The number of nitro groups is 1. The van der Waals surface area contributed by atoms with Crippen molar-refractivity contribution in [2.45, 2.75) is 13.3 Å². The molecular formula is C21H21N3O4S+2. The summed E-state index contributed by atoms with van der Waals surface area (Å²) in [6.07, 6.45) is 0.281. The summed E-state index contributed by atoms with van der Waals surface area (Å²) in [5.41, 5.74) is 3.30. The molecule has 3 N–H and O–H groups in total. The van der Waals surface area contributed by atoms with Gasteiger partial charge in [0.1, 0.15) is 17.5 Å². The first-order valence-electron chi connectivity index (χ1n) is 8.73. The molecule has 8 heteroatoms. The van der Waals surface area contributed by atoms with Crippen LogP contribution in [0.25, 0.3) is 15.8 Å². The monoisotopic (exact) mass is 411 g/mol. The van der Waals surface area contributed by atoms with Crippen molar-refractivity contribution in [2.75, 3.05) is 0 Å². The summed E-state index contributed by atoms with van der Waals surface area (Å²) in [6, 6.07) is 9.67. The molecule has 0 saturated heterocycles. The topological polar surface area (TPSA) is 101 Å². The number of nitrogens with zero attached hydrogens (tertiary/aromatic N) is 2. The van der Waals surface area contributed by atoms with Crippen LogP contribution < -0.4 is 9.56 Å². The average molecular weight is 411 g/mol. The van der Waals surface area contributed by atoms with E-state index in [1.807, 2.05) is 29.8 Å². The summed E-state index contributed by atoms with van der Waals surface area (Å²) in [6.45, 7) is 9.52. The number of phenols is 1. The smallest absolute Gasteiger partial charge is 0.366 e. The molecule has 0 atom stereocenters. The van der Waals surface area contributed by atoms with Crippen LogP contribution in [0.5, 0.6) is 5.75 Å². The number of aryl methyl sites for hydroxylation is 1. The predicted octanol–water partition coefficient (Wildman–Crippen LogP) is 2.84. The van der Waals surface area contributed by atoms with Gasteiger partial charge in [0, 0.05) is 35.8 Å². The summed E-state index contributed by atoms with van der Waals surface area (Å²) in [5, 5.41) is 31.9. The number of benzene rings is 2. The molecule has 0 aliphatic heterocycles. The lowest BCUT2D eigenvalue weighted by Crippen LogP contribution is -2.66. The SMILES string of the molecule is C=C(C)C(O)=[NH+]c1ccc2sc(C(=C)Cc3cc([N+](=O)[O-])ccc3O)[n+](C)c2c1. The van der Waals surface area contributed by atoms with Crippen LogP contribution >= 0.6 is 11.3 Å². The number of rotatable bonds is 6. The normalized spacial score (nSPS) is 11.6. The van der Waals surface area contributed by atoms with E-state index in [1.54, 1.807) is 6.92 Å². The van der Waals surface area contributed by atoms with Crippen LogP contribution in [-0.4, -0.2) is 21.0 Å². The predicted molar refractivity (Wildman–Crippen MR) is 114 cm³/mol. The molecule has 0 saturated carbocycles. The van der Waals surface area contributed by atoms with E-state index in [1.165, 1.54) is 29.5 Å². The van der Waals surface area contributed by atoms with E-state index in [0.717, 1.165) is 26.5 Å². The third kappa shape index (κ3) is 4.17. The maximum atomic E-state index is 11.0. The number of hydrogen-bond acceptors (Lipinski definition) is 4. The van der Waals surface area contributed by atoms with Gasteiger partial charge in [-0.25, -0.2) is 0 Å². The Morgan fingerprint density at radius 3 is 2.66 bits per heavy atom. The van der Waals surface area contributed by atoms with Gasteiger partial charge in [-0.2, -0.15) is 9.56 Å². The molecule has 0 radical (unpaired) electrons. The standard InChI is InChI=1S/C21H19N3O4S/c1-12(2)20(26)22-15-5-8-19-17(11-15)23(4)21(29-19)13(3)9-14-10-16(24(27)28)6-7-18(14)25/h5-8,10-11H,1,3,9H2,2,4H3,(H-,22,25,26)/p+2. The first-order chi connectivity index (χ1) is 13.7. The summed E-state index contributed by atoms with van der Waals surface area (Å²) in [5.74, 6) is 0.00539. The number of aromatic nitrogens is 1. The van der Waals surface area contributed by atoms with Gasteiger partial charge in [0.2, 0.25) is 11.2 Å². The summed E-state index contributed by atoms with van der Waals surface area (Å²) in [7, 11) is 1.90. The van der Waals surface area contributed by atoms with Gasteiger partial charge in [-0.15, -0.1) is 0 Å². The van der Waals surface area contributed by atoms with E-state index >= 15 is 0 Å². The first kappa shape index (κ1) is 20.2. The van der Waals surface area contributed by atoms with Gasteiger partial charge in [-0.05, 0) is 19.1 Å². The molecule has 29 heavy (non-hydrogen) atoms. The van der Waals surface area contributed by atoms with Crippen molar-refractivity contribution >= 4 is 44.4 Å². The Kier molecular flexibility index (Phi) is 5.47. The van der Waals surface area contributed by atoms with E-state index in [2.05, 4.69) is 18.2 Å². The maximum Gasteiger partial charge on any atom is 0.366 e. The fourth-order valence-corrected chi connectivity index (χ4v) is 4.01. The van der Waals surface area contributed by atoms with Gasteiger partial charge in [0.25, 0.3) is 10.7 Å². The molecule has 1 aromatic heterocycles. The Hall–Kier alpha value is -3.52. The Bertz CT molecular complexity index is 1190. The van der Waals surface area contributed by atoms with E-state index in [4.69, 9.17) is 0 Å². The van der Waals surface area contributed by atoms with Gasteiger partial charge in [0.15, 0.2) is 0 Å². The van der Waals surface area contributed by atoms with Crippen molar-refractivity contribution in [3.05, 3.63) is 75.8 Å². The Labute approximate surface area is 171 Å². The third-order valence-electron chi connectivity index (χ3n) is 4.48. The van der Waals surface area contributed by atoms with Crippen LogP contribution in [0, 0.1) is 10.1 Å². The van der Waals surface area contributed by atoms with E-state index in [-0.39, 0.29) is 23.8 Å². The number of thiazole rings is 1. The molecule has 1 heterocycles. The molecule has 0 fully saturated rings. The highest BCUT2D eigenvalue weighted by Gasteiger charge is 2.22.